The third-order valence-corrected chi connectivity index (χ3v) is 2.45. The highest BCUT2D eigenvalue weighted by Crippen LogP contribution is 2.16. The highest BCUT2D eigenvalue weighted by Gasteiger charge is 2.15. The summed E-state index contributed by atoms with van der Waals surface area (Å²) in [7, 11) is 0. The summed E-state index contributed by atoms with van der Waals surface area (Å²) in [6, 6.07) is 4.13. The maximum atomic E-state index is 5.52. The van der Waals surface area contributed by atoms with E-state index >= 15 is 0 Å². The Kier molecular flexibility index (Phi) is 3.82. The zero-order valence-corrected chi connectivity index (χ0v) is 8.69. The van der Waals surface area contributed by atoms with Crippen LogP contribution < -0.4 is 5.32 Å². The molecule has 0 saturated carbocycles. The van der Waals surface area contributed by atoms with Gasteiger partial charge in [-0.15, -0.1) is 12.4 Å². The predicted octanol–water partition coefficient (Wildman–Crippen LogP) is 2.16. The first kappa shape index (κ1) is 10.6. The van der Waals surface area contributed by atoms with E-state index in [4.69, 9.17) is 4.42 Å². The van der Waals surface area contributed by atoms with Crippen molar-refractivity contribution >= 4 is 12.4 Å². The summed E-state index contributed by atoms with van der Waals surface area (Å²) in [6.45, 7) is 4.32. The molecular weight excluding hydrogens is 186 g/mol. The van der Waals surface area contributed by atoms with Crippen LogP contribution in [-0.4, -0.2) is 13.1 Å². The van der Waals surface area contributed by atoms with Crippen molar-refractivity contribution in [2.75, 3.05) is 13.1 Å². The van der Waals surface area contributed by atoms with E-state index in [1.807, 2.05) is 13.0 Å². The minimum Gasteiger partial charge on any atom is -0.466 e. The first-order valence-corrected chi connectivity index (χ1v) is 4.60. The fourth-order valence-corrected chi connectivity index (χ4v) is 1.77. The maximum absolute atomic E-state index is 5.52. The summed E-state index contributed by atoms with van der Waals surface area (Å²) in [5.41, 5.74) is 0. The van der Waals surface area contributed by atoms with Crippen LogP contribution in [0.25, 0.3) is 0 Å². The first-order valence-electron chi connectivity index (χ1n) is 4.60. The van der Waals surface area contributed by atoms with E-state index in [9.17, 15) is 0 Å². The second-order valence-electron chi connectivity index (χ2n) is 3.58. The van der Waals surface area contributed by atoms with Gasteiger partial charge in [-0.3, -0.25) is 0 Å². The molecule has 1 aliphatic heterocycles. The Labute approximate surface area is 85.1 Å². The van der Waals surface area contributed by atoms with E-state index < -0.39 is 0 Å². The zero-order valence-electron chi connectivity index (χ0n) is 7.88. The molecule has 1 N–H and O–H groups in total. The third kappa shape index (κ3) is 2.75. The molecule has 0 aromatic carbocycles. The molecule has 1 aliphatic rings. The van der Waals surface area contributed by atoms with Crippen LogP contribution in [0.2, 0.25) is 0 Å². The van der Waals surface area contributed by atoms with Crippen molar-refractivity contribution < 1.29 is 4.42 Å². The Morgan fingerprint density at radius 1 is 1.54 bits per heavy atom. The van der Waals surface area contributed by atoms with Gasteiger partial charge in [-0.2, -0.15) is 0 Å². The number of aryl methyl sites for hydroxylation is 1. The lowest BCUT2D eigenvalue weighted by atomic mass is 10.0. The quantitative estimate of drug-likeness (QED) is 0.794. The predicted molar refractivity (Wildman–Crippen MR) is 55.4 cm³/mol. The Bertz CT molecular complexity index is 253. The van der Waals surface area contributed by atoms with E-state index in [-0.39, 0.29) is 12.4 Å². The topological polar surface area (TPSA) is 25.2 Å². The lowest BCUT2D eigenvalue weighted by Crippen LogP contribution is -2.10. The molecule has 1 saturated heterocycles. The molecule has 2 rings (SSSR count). The SMILES string of the molecule is Cc1ccc(CC2CCNC2)o1.Cl. The van der Waals surface area contributed by atoms with E-state index in [1.54, 1.807) is 0 Å². The lowest BCUT2D eigenvalue weighted by molar-refractivity contribution is 0.440. The van der Waals surface area contributed by atoms with Crippen molar-refractivity contribution in [1.82, 2.24) is 5.32 Å². The van der Waals surface area contributed by atoms with Crippen LogP contribution in [0, 0.1) is 12.8 Å². The number of halogens is 1. The Balaban J connectivity index is 0.000000845. The standard InChI is InChI=1S/C10H15NO.ClH/c1-8-2-3-10(12-8)6-9-4-5-11-7-9;/h2-3,9,11H,4-7H2,1H3;1H. The maximum Gasteiger partial charge on any atom is 0.104 e. The Morgan fingerprint density at radius 3 is 2.92 bits per heavy atom. The summed E-state index contributed by atoms with van der Waals surface area (Å²) in [6.07, 6.45) is 2.39. The van der Waals surface area contributed by atoms with Gasteiger partial charge < -0.3 is 9.73 Å². The van der Waals surface area contributed by atoms with Crippen LogP contribution in [0.3, 0.4) is 0 Å². The van der Waals surface area contributed by atoms with E-state index in [1.165, 1.54) is 13.0 Å². The van der Waals surface area contributed by atoms with Crippen molar-refractivity contribution in [2.24, 2.45) is 5.92 Å². The van der Waals surface area contributed by atoms with Crippen LogP contribution in [0.5, 0.6) is 0 Å². The normalized spacial score (nSPS) is 21.5. The van der Waals surface area contributed by atoms with Crippen LogP contribution >= 0.6 is 12.4 Å². The van der Waals surface area contributed by atoms with E-state index in [0.29, 0.717) is 0 Å². The molecule has 1 atom stereocenters. The molecule has 0 spiro atoms. The second-order valence-corrected chi connectivity index (χ2v) is 3.58. The van der Waals surface area contributed by atoms with Crippen molar-refractivity contribution in [3.05, 3.63) is 23.7 Å². The minimum absolute atomic E-state index is 0. The van der Waals surface area contributed by atoms with Crippen LogP contribution in [-0.2, 0) is 6.42 Å². The summed E-state index contributed by atoms with van der Waals surface area (Å²) in [4.78, 5) is 0. The van der Waals surface area contributed by atoms with Gasteiger partial charge in [0.15, 0.2) is 0 Å². The van der Waals surface area contributed by atoms with Crippen LogP contribution in [0.4, 0.5) is 0 Å². The van der Waals surface area contributed by atoms with Gasteiger partial charge in [0.2, 0.25) is 0 Å². The molecule has 1 unspecified atom stereocenters. The van der Waals surface area contributed by atoms with Gasteiger partial charge in [0.25, 0.3) is 0 Å². The average molecular weight is 202 g/mol. The van der Waals surface area contributed by atoms with Gasteiger partial charge in [-0.25, -0.2) is 0 Å². The molecule has 0 amide bonds. The molecule has 74 valence electrons. The third-order valence-electron chi connectivity index (χ3n) is 2.45. The number of hydrogen-bond acceptors (Lipinski definition) is 2. The Morgan fingerprint density at radius 2 is 2.38 bits per heavy atom. The molecule has 3 heteroatoms. The molecule has 2 heterocycles. The number of hydrogen-bond donors (Lipinski definition) is 1. The van der Waals surface area contributed by atoms with E-state index in [2.05, 4.69) is 11.4 Å². The largest absolute Gasteiger partial charge is 0.466 e. The highest BCUT2D eigenvalue weighted by molar-refractivity contribution is 5.85. The fourth-order valence-electron chi connectivity index (χ4n) is 1.77. The molecule has 2 nitrogen and oxygen atoms in total. The first-order chi connectivity index (χ1) is 5.84. The summed E-state index contributed by atoms with van der Waals surface area (Å²) in [5, 5.41) is 3.36. The van der Waals surface area contributed by atoms with Crippen LogP contribution in [0.1, 0.15) is 17.9 Å². The molecule has 0 aliphatic carbocycles. The highest BCUT2D eigenvalue weighted by atomic mass is 35.5. The van der Waals surface area contributed by atoms with Gasteiger partial charge in [0.1, 0.15) is 11.5 Å². The van der Waals surface area contributed by atoms with Crippen molar-refractivity contribution in [3.8, 4) is 0 Å². The smallest absolute Gasteiger partial charge is 0.104 e. The van der Waals surface area contributed by atoms with Gasteiger partial charge in [-0.1, -0.05) is 0 Å². The van der Waals surface area contributed by atoms with Crippen molar-refractivity contribution in [2.45, 2.75) is 19.8 Å². The molecule has 1 fully saturated rings. The number of rotatable bonds is 2. The second kappa shape index (κ2) is 4.68. The fraction of sp³-hybridized carbons (Fsp3) is 0.600. The number of furan rings is 1. The van der Waals surface area contributed by atoms with Gasteiger partial charge in [0, 0.05) is 6.42 Å². The van der Waals surface area contributed by atoms with E-state index in [0.717, 1.165) is 30.4 Å². The molecule has 13 heavy (non-hydrogen) atoms. The van der Waals surface area contributed by atoms with Crippen molar-refractivity contribution in [3.63, 3.8) is 0 Å². The van der Waals surface area contributed by atoms with Gasteiger partial charge >= 0.3 is 0 Å². The molecule has 0 bridgehead atoms. The van der Waals surface area contributed by atoms with Gasteiger partial charge in [0.05, 0.1) is 0 Å². The van der Waals surface area contributed by atoms with Crippen molar-refractivity contribution in [1.29, 1.82) is 0 Å². The minimum atomic E-state index is 0. The summed E-state index contributed by atoms with van der Waals surface area (Å²) < 4.78 is 5.52. The average Bonchev–Trinajstić information content (AvgIpc) is 2.63. The lowest BCUT2D eigenvalue weighted by Gasteiger charge is -2.03. The molecule has 1 aromatic rings. The zero-order chi connectivity index (χ0) is 8.39. The molecular formula is C10H16ClNO. The summed E-state index contributed by atoms with van der Waals surface area (Å²) >= 11 is 0. The Hall–Kier alpha value is -0.470. The molecule has 0 radical (unpaired) electrons. The molecule has 1 aromatic heterocycles. The monoisotopic (exact) mass is 201 g/mol. The summed E-state index contributed by atoms with van der Waals surface area (Å²) in [5.74, 6) is 2.95. The number of nitrogens with one attached hydrogen (secondary N) is 1. The van der Waals surface area contributed by atoms with Crippen LogP contribution in [0.15, 0.2) is 16.5 Å². The van der Waals surface area contributed by atoms with Gasteiger partial charge in [-0.05, 0) is 44.5 Å².